The standard InChI is InChI=1S/C25H23F2N5O2.2C17H18N4O.C8H6BrF2NO.CH2O2.Na.H/c1-16-13-31(15-28-16)21-6-4-17(5-7-21)23-24(34)32(25(30-23)8-2-3-9-25)14-22(33)29-20-11-18(26)10-19(27)12-20;1-12-10-21(11-18-12)14-6-4-13(5-7-14)15-16(22)20-17(19-15)8-2-3-9-17;1-12-10-18-11-21(12)14-6-4-13(5-7-14)15-16(22)20-17(19-15)8-2-3-9-17;9-4-8(13)12-7-2-5(10)1-6(11)3-7;2-1-3;;/h4-7,10-13,15H,2-3,8-9,14H2,1H3,(H,29,33);2*4-7,10-11H,2-3,8-9H2,1H3,(H,20,22);1-3H,4H2,(H,12,13);1H,(H,2,3);;/q;;;;;+1;-1. The van der Waals surface area contributed by atoms with Gasteiger partial charge in [-0.05, 0) is 158 Å². The molecular formula is C68H68BrF4N14NaO7. The first-order chi connectivity index (χ1) is 45.2. The molecule has 27 heteroatoms. The van der Waals surface area contributed by atoms with Gasteiger partial charge < -0.3 is 46.4 Å². The molecule has 3 aliphatic heterocycles. The van der Waals surface area contributed by atoms with E-state index in [0.29, 0.717) is 35.5 Å². The molecule has 0 bridgehead atoms. The molecule has 3 saturated carbocycles. The van der Waals surface area contributed by atoms with Crippen LogP contribution in [0.25, 0.3) is 17.1 Å². The first kappa shape index (κ1) is 70.1. The molecular weight excluding hydrogens is 1300 g/mol. The molecule has 3 aromatic heterocycles. The Morgan fingerprint density at radius 3 is 1.35 bits per heavy atom. The Kier molecular flexibility index (Phi) is 22.8. The monoisotopic (exact) mass is 1370 g/mol. The normalized spacial score (nSPS) is 16.5. The Balaban J connectivity index is 0.000000168. The van der Waals surface area contributed by atoms with Gasteiger partial charge in [0.25, 0.3) is 24.2 Å². The van der Waals surface area contributed by atoms with Crippen LogP contribution in [0.1, 0.15) is 112 Å². The molecule has 0 atom stereocenters. The number of nitrogens with one attached hydrogen (secondary N) is 4. The van der Waals surface area contributed by atoms with Gasteiger partial charge in [-0.2, -0.15) is 0 Å². The molecule has 5 aromatic carbocycles. The van der Waals surface area contributed by atoms with E-state index in [-0.39, 0.29) is 95.7 Å². The average Bonchev–Trinajstić information content (AvgIpc) is 1.61. The summed E-state index contributed by atoms with van der Waals surface area (Å²) in [5.41, 5.74) is 8.50. The van der Waals surface area contributed by atoms with Gasteiger partial charge in [0.2, 0.25) is 11.8 Å². The molecule has 5 N–H and O–H groups in total. The van der Waals surface area contributed by atoms with Crippen LogP contribution >= 0.6 is 15.9 Å². The molecule has 0 unspecified atom stereocenters. The van der Waals surface area contributed by atoms with Gasteiger partial charge in [0.05, 0.1) is 35.7 Å². The second-order valence-electron chi connectivity index (χ2n) is 23.4. The number of imidazole rings is 3. The number of carbonyl (C=O) groups excluding carboxylic acids is 5. The number of carboxylic acid groups (broad SMARTS) is 1. The summed E-state index contributed by atoms with van der Waals surface area (Å²) in [6, 6.07) is 28.9. The van der Waals surface area contributed by atoms with E-state index < -0.39 is 34.8 Å². The number of rotatable bonds is 11. The summed E-state index contributed by atoms with van der Waals surface area (Å²) < 4.78 is 58.0. The van der Waals surface area contributed by atoms with Crippen LogP contribution in [0.15, 0.2) is 162 Å². The van der Waals surface area contributed by atoms with E-state index in [0.717, 1.165) is 146 Å². The minimum absolute atomic E-state index is 0. The molecule has 0 radical (unpaired) electrons. The summed E-state index contributed by atoms with van der Waals surface area (Å²) in [4.78, 5) is 98.1. The minimum atomic E-state index is -0.792. The Morgan fingerprint density at radius 1 is 0.579 bits per heavy atom. The van der Waals surface area contributed by atoms with Crippen molar-refractivity contribution in [1.29, 1.82) is 0 Å². The number of benzene rings is 5. The molecule has 21 nitrogen and oxygen atoms in total. The molecule has 3 spiro atoms. The van der Waals surface area contributed by atoms with E-state index in [1.54, 1.807) is 19.0 Å². The maximum atomic E-state index is 13.5. The van der Waals surface area contributed by atoms with Crippen molar-refractivity contribution in [3.63, 3.8) is 0 Å². The molecule has 6 aliphatic rings. The number of aliphatic imine (C=N–C) groups is 3. The van der Waals surface area contributed by atoms with Gasteiger partial charge in [-0.1, -0.05) is 52.3 Å². The smallest absolute Gasteiger partial charge is 1.00 e. The fourth-order valence-corrected chi connectivity index (χ4v) is 12.3. The zero-order valence-corrected chi connectivity index (χ0v) is 56.2. The Bertz CT molecular complexity index is 4180. The third kappa shape index (κ3) is 17.0. The van der Waals surface area contributed by atoms with Crippen molar-refractivity contribution in [2.24, 2.45) is 15.0 Å². The maximum absolute atomic E-state index is 13.5. The summed E-state index contributed by atoms with van der Waals surface area (Å²) in [6.45, 7) is 5.38. The van der Waals surface area contributed by atoms with Crippen molar-refractivity contribution in [1.82, 2.24) is 44.2 Å². The second-order valence-corrected chi connectivity index (χ2v) is 24.0. The van der Waals surface area contributed by atoms with E-state index in [1.165, 1.54) is 4.90 Å². The van der Waals surface area contributed by atoms with Crippen molar-refractivity contribution >= 4 is 80.4 Å². The predicted octanol–water partition coefficient (Wildman–Crippen LogP) is 7.85. The van der Waals surface area contributed by atoms with E-state index in [1.807, 2.05) is 126 Å². The zero-order chi connectivity index (χ0) is 66.7. The van der Waals surface area contributed by atoms with E-state index in [4.69, 9.17) is 24.9 Å². The molecule has 8 aromatic rings. The van der Waals surface area contributed by atoms with Crippen LogP contribution in [0, 0.1) is 44.0 Å². The summed E-state index contributed by atoms with van der Waals surface area (Å²) in [7, 11) is 0. The van der Waals surface area contributed by atoms with E-state index >= 15 is 0 Å². The van der Waals surface area contributed by atoms with Crippen molar-refractivity contribution < 1.29 is 82.4 Å². The molecule has 0 saturated heterocycles. The van der Waals surface area contributed by atoms with Crippen molar-refractivity contribution in [3.8, 4) is 17.1 Å². The van der Waals surface area contributed by atoms with Gasteiger partial charge in [-0.3, -0.25) is 43.7 Å². The number of nitrogens with zero attached hydrogens (tertiary/aromatic N) is 10. The quantitative estimate of drug-likeness (QED) is 0.0362. The van der Waals surface area contributed by atoms with Gasteiger partial charge in [0, 0.05) is 81.5 Å². The molecule has 6 heterocycles. The molecule has 3 fully saturated rings. The van der Waals surface area contributed by atoms with Crippen LogP contribution < -0.4 is 50.8 Å². The van der Waals surface area contributed by atoms with Crippen molar-refractivity contribution in [2.45, 2.75) is 115 Å². The van der Waals surface area contributed by atoms with E-state index in [9.17, 15) is 41.5 Å². The first-order valence-corrected chi connectivity index (χ1v) is 31.6. The second kappa shape index (κ2) is 30.9. The van der Waals surface area contributed by atoms with Crippen LogP contribution in [0.2, 0.25) is 0 Å². The largest absolute Gasteiger partial charge is 1.00 e. The maximum Gasteiger partial charge on any atom is 1.00 e. The number of hydrogen-bond acceptors (Lipinski definition) is 12. The van der Waals surface area contributed by atoms with Gasteiger partial charge in [0.15, 0.2) is 0 Å². The number of alkyl halides is 1. The van der Waals surface area contributed by atoms with Crippen LogP contribution in [-0.2, 0) is 28.8 Å². The number of carbonyl (C=O) groups is 6. The van der Waals surface area contributed by atoms with Gasteiger partial charge >= 0.3 is 29.6 Å². The first-order valence-electron chi connectivity index (χ1n) is 30.4. The number of hydrogen-bond donors (Lipinski definition) is 5. The average molecular weight is 1370 g/mol. The van der Waals surface area contributed by atoms with Crippen molar-refractivity contribution in [3.05, 3.63) is 204 Å². The van der Waals surface area contributed by atoms with Crippen molar-refractivity contribution in [2.75, 3.05) is 22.5 Å². The van der Waals surface area contributed by atoms with Gasteiger partial charge in [0.1, 0.15) is 63.9 Å². The fourth-order valence-electron chi connectivity index (χ4n) is 12.2. The number of halogens is 5. The third-order valence-electron chi connectivity index (χ3n) is 16.6. The summed E-state index contributed by atoms with van der Waals surface area (Å²) in [5, 5.41) is 17.9. The zero-order valence-electron chi connectivity index (χ0n) is 53.6. The van der Waals surface area contributed by atoms with Crippen LogP contribution in [0.3, 0.4) is 0 Å². The number of aryl methyl sites for hydroxylation is 3. The van der Waals surface area contributed by atoms with Crippen LogP contribution in [0.5, 0.6) is 0 Å². The van der Waals surface area contributed by atoms with Gasteiger partial charge in [-0.15, -0.1) is 0 Å². The summed E-state index contributed by atoms with van der Waals surface area (Å²) in [6.07, 6.45) is 22.5. The SMILES string of the molecule is Cc1cn(-c2ccc(C3=NC4(CCCC4)N(CC(=O)Nc4cc(F)cc(F)c4)C3=O)cc2)cn1.Cc1cn(-c2ccc(C3=NC4(CCCC4)NC3=O)cc2)cn1.Cc1cncn1-c1ccc(C2=NC3(CCCC3)NC2=O)cc1.O=C(CBr)Nc1cc(F)cc(F)c1.O=CO.[H-].[Na+]. The molecule has 5 amide bonds. The topological polar surface area (TPSA) is 265 Å². The molecule has 3 aliphatic carbocycles. The number of aromatic nitrogens is 6. The van der Waals surface area contributed by atoms with Crippen LogP contribution in [0.4, 0.5) is 28.9 Å². The third-order valence-corrected chi connectivity index (χ3v) is 17.1. The number of anilines is 2. The Morgan fingerprint density at radius 2 is 0.968 bits per heavy atom. The van der Waals surface area contributed by atoms with Crippen LogP contribution in [-0.4, -0.2) is 121 Å². The summed E-state index contributed by atoms with van der Waals surface area (Å²) in [5.74, 6) is -4.33. The summed E-state index contributed by atoms with van der Waals surface area (Å²) >= 11 is 2.91. The molecule has 14 rings (SSSR count). The molecule has 95 heavy (non-hydrogen) atoms. The van der Waals surface area contributed by atoms with Gasteiger partial charge in [-0.25, -0.2) is 32.5 Å². The Hall–Kier alpha value is -9.24. The minimum Gasteiger partial charge on any atom is -1.00 e. The molecule has 488 valence electrons. The fraction of sp³-hybridized carbons (Fsp3) is 0.294. The predicted molar refractivity (Wildman–Crippen MR) is 350 cm³/mol. The Labute approximate surface area is 576 Å². The van der Waals surface area contributed by atoms with E-state index in [2.05, 4.69) is 52.1 Å². The number of amides is 5.